The number of fused-ring (bicyclic) bond motifs is 1. The Morgan fingerprint density at radius 1 is 0.833 bits per heavy atom. The Morgan fingerprint density at radius 3 is 2.50 bits per heavy atom. The maximum atomic E-state index is 5.76. The molecule has 2 N–H and O–H groups in total. The molecule has 0 amide bonds. The van der Waals surface area contributed by atoms with Crippen LogP contribution in [0, 0.1) is 6.92 Å². The van der Waals surface area contributed by atoms with Crippen LogP contribution in [0.3, 0.4) is 0 Å². The van der Waals surface area contributed by atoms with Crippen molar-refractivity contribution in [2.75, 3.05) is 5.73 Å². The molecule has 0 unspecified atom stereocenters. The zero-order chi connectivity index (χ0) is 16.5. The summed E-state index contributed by atoms with van der Waals surface area (Å²) in [6.07, 6.45) is 1.86. The number of nitrogen functional groups attached to an aromatic ring is 1. The van der Waals surface area contributed by atoms with Crippen LogP contribution in [0.2, 0.25) is 0 Å². The van der Waals surface area contributed by atoms with Gasteiger partial charge in [0.05, 0.1) is 5.52 Å². The van der Waals surface area contributed by atoms with E-state index in [1.54, 1.807) is 0 Å². The van der Waals surface area contributed by atoms with Gasteiger partial charge in [-0.25, -0.2) is 4.98 Å². The molecule has 0 saturated heterocycles. The van der Waals surface area contributed by atoms with Crippen LogP contribution in [0.25, 0.3) is 33.4 Å². The fourth-order valence-corrected chi connectivity index (χ4v) is 2.72. The van der Waals surface area contributed by atoms with Crippen molar-refractivity contribution in [1.82, 2.24) is 20.2 Å². The molecule has 0 spiro atoms. The highest BCUT2D eigenvalue weighted by Gasteiger charge is 2.13. The van der Waals surface area contributed by atoms with Crippen molar-refractivity contribution in [3.63, 3.8) is 0 Å². The van der Waals surface area contributed by atoms with E-state index in [1.807, 2.05) is 55.6 Å². The zero-order valence-corrected chi connectivity index (χ0v) is 13.1. The third kappa shape index (κ3) is 2.56. The molecule has 2 heterocycles. The van der Waals surface area contributed by atoms with Gasteiger partial charge in [-0.05, 0) is 30.7 Å². The van der Waals surface area contributed by atoms with Gasteiger partial charge in [0.1, 0.15) is 11.4 Å². The van der Waals surface area contributed by atoms with Crippen LogP contribution in [0.15, 0.2) is 60.8 Å². The molecule has 4 aromatic rings. The molecule has 0 atom stereocenters. The van der Waals surface area contributed by atoms with Gasteiger partial charge in [-0.3, -0.25) is 4.98 Å². The number of pyridine rings is 1. The number of benzene rings is 2. The van der Waals surface area contributed by atoms with E-state index in [9.17, 15) is 0 Å². The second-order valence-corrected chi connectivity index (χ2v) is 5.65. The number of aryl methyl sites for hydroxylation is 1. The van der Waals surface area contributed by atoms with Crippen LogP contribution in [-0.4, -0.2) is 20.2 Å². The van der Waals surface area contributed by atoms with Crippen molar-refractivity contribution in [2.24, 2.45) is 0 Å². The molecule has 0 aliphatic heterocycles. The Morgan fingerprint density at radius 2 is 1.67 bits per heavy atom. The summed E-state index contributed by atoms with van der Waals surface area (Å²) in [5.41, 5.74) is 11.1. The first-order valence-corrected chi connectivity index (χ1v) is 7.63. The number of nitrogens with two attached hydrogens (primary N) is 1. The minimum absolute atomic E-state index is 0.163. The molecule has 4 rings (SSSR count). The van der Waals surface area contributed by atoms with Gasteiger partial charge in [0.2, 0.25) is 5.95 Å². The summed E-state index contributed by atoms with van der Waals surface area (Å²) in [5.74, 6) is 0.163. The van der Waals surface area contributed by atoms with Crippen molar-refractivity contribution in [2.45, 2.75) is 6.92 Å². The first kappa shape index (κ1) is 14.3. The lowest BCUT2D eigenvalue weighted by atomic mass is 10.0. The van der Waals surface area contributed by atoms with E-state index in [0.717, 1.165) is 33.3 Å². The lowest BCUT2D eigenvalue weighted by molar-refractivity contribution is 0.997. The standard InChI is InChI=1S/C19H15N5/c1-12-9-15-10-14(7-8-16(15)21-11-12)18-17(22-19(20)24-23-18)13-5-3-2-4-6-13/h2-11H,1H3,(H2,20,22,24). The van der Waals surface area contributed by atoms with Crippen LogP contribution in [0.5, 0.6) is 0 Å². The molecule has 0 aliphatic rings. The van der Waals surface area contributed by atoms with Crippen molar-refractivity contribution in [3.05, 3.63) is 66.4 Å². The predicted octanol–water partition coefficient (Wildman–Crippen LogP) is 3.64. The molecular formula is C19H15N5. The third-order valence-electron chi connectivity index (χ3n) is 3.84. The van der Waals surface area contributed by atoms with E-state index in [2.05, 4.69) is 32.3 Å². The summed E-state index contributed by atoms with van der Waals surface area (Å²) in [7, 11) is 0. The van der Waals surface area contributed by atoms with E-state index in [4.69, 9.17) is 5.73 Å². The smallest absolute Gasteiger partial charge is 0.240 e. The second kappa shape index (κ2) is 5.70. The number of hydrogen-bond donors (Lipinski definition) is 1. The van der Waals surface area contributed by atoms with E-state index >= 15 is 0 Å². The minimum Gasteiger partial charge on any atom is -0.366 e. The SMILES string of the molecule is Cc1cnc2ccc(-c3nnc(N)nc3-c3ccccc3)cc2c1. The Bertz CT molecular complexity index is 1030. The Labute approximate surface area is 139 Å². The van der Waals surface area contributed by atoms with Crippen LogP contribution >= 0.6 is 0 Å². The first-order valence-electron chi connectivity index (χ1n) is 7.63. The summed E-state index contributed by atoms with van der Waals surface area (Å²) >= 11 is 0. The van der Waals surface area contributed by atoms with Crippen molar-refractivity contribution < 1.29 is 0 Å². The highest BCUT2D eigenvalue weighted by Crippen LogP contribution is 2.30. The van der Waals surface area contributed by atoms with E-state index in [1.165, 1.54) is 0 Å². The molecule has 2 aromatic carbocycles. The lowest BCUT2D eigenvalue weighted by Gasteiger charge is -2.09. The maximum absolute atomic E-state index is 5.76. The van der Waals surface area contributed by atoms with E-state index in [0.29, 0.717) is 5.69 Å². The average Bonchev–Trinajstić information content (AvgIpc) is 2.62. The molecule has 2 aromatic heterocycles. The van der Waals surface area contributed by atoms with Gasteiger partial charge in [0, 0.05) is 22.7 Å². The van der Waals surface area contributed by atoms with Gasteiger partial charge in [0.25, 0.3) is 0 Å². The van der Waals surface area contributed by atoms with Crippen LogP contribution in [-0.2, 0) is 0 Å². The van der Waals surface area contributed by atoms with Gasteiger partial charge in [-0.2, -0.15) is 0 Å². The molecule has 0 bridgehead atoms. The summed E-state index contributed by atoms with van der Waals surface area (Å²) in [4.78, 5) is 8.84. The molecule has 24 heavy (non-hydrogen) atoms. The Hall–Kier alpha value is -3.34. The third-order valence-corrected chi connectivity index (χ3v) is 3.84. The molecule has 5 nitrogen and oxygen atoms in total. The molecule has 0 aliphatic carbocycles. The van der Waals surface area contributed by atoms with Crippen molar-refractivity contribution >= 4 is 16.9 Å². The van der Waals surface area contributed by atoms with E-state index in [-0.39, 0.29) is 5.95 Å². The average molecular weight is 313 g/mol. The first-order chi connectivity index (χ1) is 11.7. The molecule has 0 saturated carbocycles. The number of aromatic nitrogens is 4. The highest BCUT2D eigenvalue weighted by atomic mass is 15.2. The second-order valence-electron chi connectivity index (χ2n) is 5.65. The van der Waals surface area contributed by atoms with Gasteiger partial charge in [-0.1, -0.05) is 36.4 Å². The topological polar surface area (TPSA) is 77.6 Å². The molecule has 0 radical (unpaired) electrons. The molecule has 0 fully saturated rings. The number of anilines is 1. The van der Waals surface area contributed by atoms with Crippen LogP contribution in [0.4, 0.5) is 5.95 Å². The number of rotatable bonds is 2. The lowest BCUT2D eigenvalue weighted by Crippen LogP contribution is -2.02. The Kier molecular flexibility index (Phi) is 3.39. The van der Waals surface area contributed by atoms with Crippen molar-refractivity contribution in [3.8, 4) is 22.5 Å². The summed E-state index contributed by atoms with van der Waals surface area (Å²) in [6, 6.07) is 18.0. The van der Waals surface area contributed by atoms with Crippen LogP contribution < -0.4 is 5.73 Å². The zero-order valence-electron chi connectivity index (χ0n) is 13.1. The fraction of sp³-hybridized carbons (Fsp3) is 0.0526. The maximum Gasteiger partial charge on any atom is 0.240 e. The van der Waals surface area contributed by atoms with Crippen LogP contribution in [0.1, 0.15) is 5.56 Å². The normalized spacial score (nSPS) is 10.9. The van der Waals surface area contributed by atoms with Gasteiger partial charge < -0.3 is 5.73 Å². The molecular weight excluding hydrogens is 298 g/mol. The quantitative estimate of drug-likeness (QED) is 0.611. The number of hydrogen-bond acceptors (Lipinski definition) is 5. The van der Waals surface area contributed by atoms with Crippen molar-refractivity contribution in [1.29, 1.82) is 0 Å². The van der Waals surface area contributed by atoms with Gasteiger partial charge >= 0.3 is 0 Å². The summed E-state index contributed by atoms with van der Waals surface area (Å²) in [5, 5.41) is 9.30. The predicted molar refractivity (Wildman–Crippen MR) is 95.1 cm³/mol. The van der Waals surface area contributed by atoms with Gasteiger partial charge in [0.15, 0.2) is 0 Å². The van der Waals surface area contributed by atoms with E-state index < -0.39 is 0 Å². The summed E-state index contributed by atoms with van der Waals surface area (Å²) < 4.78 is 0. The minimum atomic E-state index is 0.163. The monoisotopic (exact) mass is 313 g/mol. The largest absolute Gasteiger partial charge is 0.366 e. The Balaban J connectivity index is 1.93. The van der Waals surface area contributed by atoms with Gasteiger partial charge in [-0.15, -0.1) is 10.2 Å². The number of nitrogens with zero attached hydrogens (tertiary/aromatic N) is 4. The fourth-order valence-electron chi connectivity index (χ4n) is 2.72. The molecule has 116 valence electrons. The summed E-state index contributed by atoms with van der Waals surface area (Å²) in [6.45, 7) is 2.03. The highest BCUT2D eigenvalue weighted by molar-refractivity contribution is 5.87. The molecule has 5 heteroatoms.